The maximum Gasteiger partial charge on any atom is 0.305 e. The van der Waals surface area contributed by atoms with Gasteiger partial charge in [-0.2, -0.15) is 0 Å². The molecule has 1 amide bonds. The Hall–Kier alpha value is -2.04. The summed E-state index contributed by atoms with van der Waals surface area (Å²) in [4.78, 5) is 24.6. The molecule has 0 bridgehead atoms. The molecular weight excluding hydrogens is 258 g/mol. The van der Waals surface area contributed by atoms with Gasteiger partial charge >= 0.3 is 5.97 Å². The third kappa shape index (κ3) is 3.50. The molecule has 0 radical (unpaired) electrons. The maximum absolute atomic E-state index is 12.5. The summed E-state index contributed by atoms with van der Waals surface area (Å²) in [6.45, 7) is 3.81. The number of ether oxygens (including phenoxy) is 1. The third-order valence-corrected chi connectivity index (χ3v) is 3.32. The van der Waals surface area contributed by atoms with Crippen molar-refractivity contribution in [1.82, 2.24) is 4.90 Å². The van der Waals surface area contributed by atoms with Crippen LogP contribution in [0.2, 0.25) is 0 Å². The summed E-state index contributed by atoms with van der Waals surface area (Å²) in [6.07, 6.45) is -0.0652. The number of carboxylic acid groups (broad SMARTS) is 1. The fourth-order valence-electron chi connectivity index (χ4n) is 2.12. The van der Waals surface area contributed by atoms with Crippen molar-refractivity contribution < 1.29 is 19.4 Å². The second kappa shape index (κ2) is 6.41. The first kappa shape index (κ1) is 16.0. The van der Waals surface area contributed by atoms with E-state index >= 15 is 0 Å². The van der Waals surface area contributed by atoms with E-state index in [0.717, 1.165) is 5.56 Å². The molecular formula is C15H21NO4. The van der Waals surface area contributed by atoms with E-state index in [0.29, 0.717) is 5.75 Å². The minimum absolute atomic E-state index is 0.0652. The molecule has 0 spiro atoms. The minimum Gasteiger partial charge on any atom is -0.496 e. The lowest BCUT2D eigenvalue weighted by Gasteiger charge is -2.30. The number of nitrogens with zero attached hydrogens (tertiary/aromatic N) is 1. The topological polar surface area (TPSA) is 66.8 Å². The van der Waals surface area contributed by atoms with Crippen LogP contribution in [0.25, 0.3) is 0 Å². The van der Waals surface area contributed by atoms with E-state index in [9.17, 15) is 9.59 Å². The number of hydrogen-bond donors (Lipinski definition) is 1. The molecule has 20 heavy (non-hydrogen) atoms. The molecule has 5 heteroatoms. The minimum atomic E-state index is -0.917. The smallest absolute Gasteiger partial charge is 0.305 e. The lowest BCUT2D eigenvalue weighted by Crippen LogP contribution is -2.42. The predicted molar refractivity (Wildman–Crippen MR) is 75.9 cm³/mol. The van der Waals surface area contributed by atoms with Crippen molar-refractivity contribution in [3.63, 3.8) is 0 Å². The molecule has 5 nitrogen and oxygen atoms in total. The number of amides is 1. The van der Waals surface area contributed by atoms with Gasteiger partial charge in [-0.3, -0.25) is 9.59 Å². The van der Waals surface area contributed by atoms with Gasteiger partial charge < -0.3 is 14.7 Å². The predicted octanol–water partition coefficient (Wildman–Crippen LogP) is 1.91. The molecule has 0 atom stereocenters. The van der Waals surface area contributed by atoms with Gasteiger partial charge in [-0.1, -0.05) is 18.2 Å². The van der Waals surface area contributed by atoms with Gasteiger partial charge in [0.05, 0.1) is 18.9 Å². The van der Waals surface area contributed by atoms with Crippen LogP contribution in [0.3, 0.4) is 0 Å². The highest BCUT2D eigenvalue weighted by Crippen LogP contribution is 2.32. The van der Waals surface area contributed by atoms with Crippen LogP contribution in [-0.4, -0.2) is 42.6 Å². The van der Waals surface area contributed by atoms with E-state index in [2.05, 4.69) is 0 Å². The van der Waals surface area contributed by atoms with Gasteiger partial charge in [0.1, 0.15) is 5.75 Å². The Morgan fingerprint density at radius 2 is 1.90 bits per heavy atom. The zero-order valence-electron chi connectivity index (χ0n) is 12.3. The molecule has 110 valence electrons. The van der Waals surface area contributed by atoms with Crippen molar-refractivity contribution >= 4 is 11.9 Å². The van der Waals surface area contributed by atoms with E-state index in [1.54, 1.807) is 14.2 Å². The number of para-hydroxylation sites is 1. The molecule has 0 aliphatic rings. The average molecular weight is 279 g/mol. The summed E-state index contributed by atoms with van der Waals surface area (Å²) in [7, 11) is 3.18. The van der Waals surface area contributed by atoms with E-state index in [1.165, 1.54) is 4.90 Å². The molecule has 1 N–H and O–H groups in total. The Morgan fingerprint density at radius 1 is 1.30 bits per heavy atom. The molecule has 0 aromatic heterocycles. The first-order valence-electron chi connectivity index (χ1n) is 6.41. The van der Waals surface area contributed by atoms with Gasteiger partial charge in [-0.15, -0.1) is 0 Å². The van der Waals surface area contributed by atoms with Crippen LogP contribution in [0, 0.1) is 0 Å². The Morgan fingerprint density at radius 3 is 2.45 bits per heavy atom. The molecule has 1 rings (SSSR count). The number of rotatable bonds is 6. The second-order valence-electron chi connectivity index (χ2n) is 5.20. The first-order chi connectivity index (χ1) is 9.30. The number of methoxy groups -OCH3 is 1. The van der Waals surface area contributed by atoms with Gasteiger partial charge in [0.25, 0.3) is 0 Å². The van der Waals surface area contributed by atoms with Crippen LogP contribution in [0.1, 0.15) is 25.8 Å². The quantitative estimate of drug-likeness (QED) is 0.863. The van der Waals surface area contributed by atoms with Crippen LogP contribution in [0.5, 0.6) is 5.75 Å². The van der Waals surface area contributed by atoms with Gasteiger partial charge in [-0.05, 0) is 19.9 Å². The van der Waals surface area contributed by atoms with Crippen LogP contribution in [-0.2, 0) is 15.0 Å². The Bertz CT molecular complexity index is 496. The highest BCUT2D eigenvalue weighted by atomic mass is 16.5. The van der Waals surface area contributed by atoms with E-state index in [4.69, 9.17) is 9.84 Å². The van der Waals surface area contributed by atoms with E-state index in [1.807, 2.05) is 38.1 Å². The average Bonchev–Trinajstić information content (AvgIpc) is 2.43. The summed E-state index contributed by atoms with van der Waals surface area (Å²) in [6, 6.07) is 7.35. The van der Waals surface area contributed by atoms with Crippen molar-refractivity contribution in [2.24, 2.45) is 0 Å². The Balaban J connectivity index is 2.97. The van der Waals surface area contributed by atoms with Crippen molar-refractivity contribution in [2.45, 2.75) is 25.7 Å². The van der Waals surface area contributed by atoms with Crippen molar-refractivity contribution in [2.75, 3.05) is 20.7 Å². The largest absolute Gasteiger partial charge is 0.496 e. The number of hydrogen-bond acceptors (Lipinski definition) is 3. The van der Waals surface area contributed by atoms with Crippen LogP contribution in [0.15, 0.2) is 24.3 Å². The number of carboxylic acids is 1. The standard InChI is InChI=1S/C15H21NO4/c1-15(2,11-7-5-6-8-12(11)20-4)14(19)16(3)10-9-13(17)18/h5-8H,9-10H2,1-4H3,(H,17,18). The maximum atomic E-state index is 12.5. The van der Waals surface area contributed by atoms with Crippen molar-refractivity contribution in [3.8, 4) is 5.75 Å². The summed E-state index contributed by atoms with van der Waals surface area (Å²) in [5.41, 5.74) is 0.00882. The summed E-state index contributed by atoms with van der Waals surface area (Å²) in [5.74, 6) is -0.402. The number of carbonyl (C=O) groups is 2. The lowest BCUT2D eigenvalue weighted by molar-refractivity contribution is -0.139. The van der Waals surface area contributed by atoms with Gasteiger partial charge in [0, 0.05) is 19.2 Å². The van der Waals surface area contributed by atoms with Crippen molar-refractivity contribution in [3.05, 3.63) is 29.8 Å². The fourth-order valence-corrected chi connectivity index (χ4v) is 2.12. The normalized spacial score (nSPS) is 11.0. The monoisotopic (exact) mass is 279 g/mol. The SMILES string of the molecule is COc1ccccc1C(C)(C)C(=O)N(C)CCC(=O)O. The number of aliphatic carboxylic acids is 1. The van der Waals surface area contributed by atoms with Gasteiger partial charge in [0.2, 0.25) is 5.91 Å². The van der Waals surface area contributed by atoms with Crippen LogP contribution < -0.4 is 4.74 Å². The molecule has 0 unspecified atom stereocenters. The molecule has 0 saturated carbocycles. The Labute approximate surface area is 119 Å². The highest BCUT2D eigenvalue weighted by molar-refractivity contribution is 5.88. The van der Waals surface area contributed by atoms with Crippen LogP contribution >= 0.6 is 0 Å². The zero-order chi connectivity index (χ0) is 15.3. The lowest BCUT2D eigenvalue weighted by atomic mass is 9.82. The molecule has 1 aromatic rings. The van der Waals surface area contributed by atoms with Crippen molar-refractivity contribution in [1.29, 1.82) is 0 Å². The second-order valence-corrected chi connectivity index (χ2v) is 5.20. The zero-order valence-corrected chi connectivity index (χ0v) is 12.3. The highest BCUT2D eigenvalue weighted by Gasteiger charge is 2.34. The molecule has 0 fully saturated rings. The Kier molecular flexibility index (Phi) is 5.13. The first-order valence-corrected chi connectivity index (χ1v) is 6.41. The number of likely N-dealkylation sites (N-methyl/N-ethyl adjacent to an activating group) is 1. The van der Waals surface area contributed by atoms with E-state index < -0.39 is 11.4 Å². The number of carbonyl (C=O) groups excluding carboxylic acids is 1. The van der Waals surface area contributed by atoms with Crippen LogP contribution in [0.4, 0.5) is 0 Å². The third-order valence-electron chi connectivity index (χ3n) is 3.32. The molecule has 1 aromatic carbocycles. The number of benzene rings is 1. The fraction of sp³-hybridized carbons (Fsp3) is 0.467. The molecule has 0 aliphatic heterocycles. The summed E-state index contributed by atoms with van der Waals surface area (Å²) < 4.78 is 5.29. The van der Waals surface area contributed by atoms with Gasteiger partial charge in [0.15, 0.2) is 0 Å². The summed E-state index contributed by atoms with van der Waals surface area (Å²) in [5, 5.41) is 8.69. The molecule has 0 saturated heterocycles. The van der Waals surface area contributed by atoms with Gasteiger partial charge in [-0.25, -0.2) is 0 Å². The summed E-state index contributed by atoms with van der Waals surface area (Å²) >= 11 is 0. The van der Waals surface area contributed by atoms with E-state index in [-0.39, 0.29) is 18.9 Å². The molecule has 0 aliphatic carbocycles. The molecule has 0 heterocycles.